The van der Waals surface area contributed by atoms with Crippen molar-refractivity contribution in [1.29, 1.82) is 0 Å². The van der Waals surface area contributed by atoms with Crippen LogP contribution in [0.4, 0.5) is 10.5 Å². The van der Waals surface area contributed by atoms with Crippen LogP contribution >= 0.6 is 0 Å². The smallest absolute Gasteiger partial charge is 0.417 e. The first-order chi connectivity index (χ1) is 15.5. The van der Waals surface area contributed by atoms with Crippen LogP contribution in [-0.2, 0) is 9.16 Å². The Balaban J connectivity index is 2.28. The van der Waals surface area contributed by atoms with Gasteiger partial charge in [-0.25, -0.2) is 9.69 Å². The van der Waals surface area contributed by atoms with Crippen molar-refractivity contribution in [3.63, 3.8) is 0 Å². The Kier molecular flexibility index (Phi) is 6.60. The van der Waals surface area contributed by atoms with Gasteiger partial charge in [0.25, 0.3) is 5.91 Å². The number of hydrogen-bond donors (Lipinski definition) is 1. The van der Waals surface area contributed by atoms with Gasteiger partial charge in [0.2, 0.25) is 0 Å². The molecule has 2 atom stereocenters. The number of carbonyl (C=O) groups excluding carboxylic acids is 2. The van der Waals surface area contributed by atoms with Crippen molar-refractivity contribution in [1.82, 2.24) is 4.90 Å². The number of fused-ring (bicyclic) bond motifs is 2. The van der Waals surface area contributed by atoms with Crippen LogP contribution in [0.2, 0.25) is 18.1 Å². The molecule has 0 spiro atoms. The maximum Gasteiger partial charge on any atom is 0.417 e. The van der Waals surface area contributed by atoms with E-state index in [1.165, 1.54) is 24.1 Å². The fourth-order valence-electron chi connectivity index (χ4n) is 3.92. The first-order valence-corrected chi connectivity index (χ1v) is 14.5. The topological polar surface area (TPSA) is 88.5 Å². The van der Waals surface area contributed by atoms with Crippen molar-refractivity contribution in [3.8, 4) is 11.5 Å². The van der Waals surface area contributed by atoms with Gasteiger partial charge >= 0.3 is 6.09 Å². The normalized spacial score (nSPS) is 21.0. The molecule has 2 aliphatic heterocycles. The molecule has 0 saturated carbocycles. The summed E-state index contributed by atoms with van der Waals surface area (Å²) in [5.74, 6) is -0.316. The fourth-order valence-corrected chi connectivity index (χ4v) is 5.14. The molecule has 8 nitrogen and oxygen atoms in total. The van der Waals surface area contributed by atoms with Crippen LogP contribution in [0.3, 0.4) is 0 Å². The van der Waals surface area contributed by atoms with E-state index in [2.05, 4.69) is 33.9 Å². The number of aromatic hydroxyl groups is 1. The van der Waals surface area contributed by atoms with Crippen molar-refractivity contribution in [2.45, 2.75) is 90.9 Å². The summed E-state index contributed by atoms with van der Waals surface area (Å²) in [4.78, 5) is 30.5. The molecule has 0 saturated heterocycles. The van der Waals surface area contributed by atoms with Gasteiger partial charge < -0.3 is 23.9 Å². The van der Waals surface area contributed by atoms with Gasteiger partial charge in [0.05, 0.1) is 24.4 Å². The second-order valence-corrected chi connectivity index (χ2v) is 16.4. The number of anilines is 1. The predicted molar refractivity (Wildman–Crippen MR) is 134 cm³/mol. The zero-order valence-electron chi connectivity index (χ0n) is 22.0. The van der Waals surface area contributed by atoms with E-state index in [9.17, 15) is 14.7 Å². The Bertz CT molecular complexity index is 1020. The van der Waals surface area contributed by atoms with E-state index in [4.69, 9.17) is 13.9 Å². The van der Waals surface area contributed by atoms with Gasteiger partial charge in [-0.3, -0.25) is 4.79 Å². The molecule has 2 amide bonds. The van der Waals surface area contributed by atoms with Gasteiger partial charge in [-0.15, -0.1) is 0 Å². The third-order valence-electron chi connectivity index (χ3n) is 6.66. The molecule has 0 bridgehead atoms. The number of ether oxygens (including phenoxy) is 2. The van der Waals surface area contributed by atoms with Crippen LogP contribution in [0.15, 0.2) is 23.9 Å². The van der Waals surface area contributed by atoms with Gasteiger partial charge in [0.15, 0.2) is 26.0 Å². The minimum absolute atomic E-state index is 0.139. The minimum Gasteiger partial charge on any atom is -0.504 e. The molecular formula is C25H38N2O6Si. The summed E-state index contributed by atoms with van der Waals surface area (Å²) < 4.78 is 17.9. The van der Waals surface area contributed by atoms with Gasteiger partial charge in [-0.1, -0.05) is 26.3 Å². The van der Waals surface area contributed by atoms with E-state index in [0.29, 0.717) is 6.42 Å². The quantitative estimate of drug-likeness (QED) is 0.553. The Hall–Kier alpha value is -2.52. The highest BCUT2D eigenvalue weighted by atomic mass is 28.4. The van der Waals surface area contributed by atoms with Crippen molar-refractivity contribution in [3.05, 3.63) is 29.5 Å². The van der Waals surface area contributed by atoms with E-state index in [0.717, 1.165) is 5.57 Å². The predicted octanol–water partition coefficient (Wildman–Crippen LogP) is 5.62. The summed E-state index contributed by atoms with van der Waals surface area (Å²) in [5, 5.41) is 10.5. The van der Waals surface area contributed by atoms with E-state index < -0.39 is 32.3 Å². The monoisotopic (exact) mass is 490 g/mol. The molecule has 9 heteroatoms. The zero-order valence-corrected chi connectivity index (χ0v) is 23.0. The van der Waals surface area contributed by atoms with Crippen LogP contribution in [0.1, 0.15) is 65.2 Å². The number of methoxy groups -OCH3 is 1. The summed E-state index contributed by atoms with van der Waals surface area (Å²) in [6.07, 6.45) is 0.932. The molecular weight excluding hydrogens is 452 g/mol. The maximum atomic E-state index is 13.7. The van der Waals surface area contributed by atoms with Gasteiger partial charge in [0, 0.05) is 12.3 Å². The average Bonchev–Trinajstić information content (AvgIpc) is 3.03. The molecule has 1 aromatic carbocycles. The number of carbonyl (C=O) groups is 2. The maximum absolute atomic E-state index is 13.7. The highest BCUT2D eigenvalue weighted by Crippen LogP contribution is 2.45. The molecule has 2 heterocycles. The van der Waals surface area contributed by atoms with Crippen molar-refractivity contribution in [2.75, 3.05) is 12.0 Å². The van der Waals surface area contributed by atoms with Crippen LogP contribution < -0.4 is 9.64 Å². The van der Waals surface area contributed by atoms with Crippen molar-refractivity contribution >= 4 is 26.0 Å². The number of nitrogens with zero attached hydrogens (tertiary/aromatic N) is 2. The molecule has 0 radical (unpaired) electrons. The fraction of sp³-hybridized carbons (Fsp3) is 0.600. The number of hydrogen-bond acceptors (Lipinski definition) is 6. The van der Waals surface area contributed by atoms with E-state index >= 15 is 0 Å². The Labute approximate surface area is 203 Å². The third-order valence-corrected chi connectivity index (χ3v) is 11.1. The number of amides is 2. The lowest BCUT2D eigenvalue weighted by Crippen LogP contribution is -2.58. The molecule has 188 valence electrons. The molecule has 0 fully saturated rings. The second kappa shape index (κ2) is 8.60. The molecule has 0 aliphatic carbocycles. The SMILES string of the molecule is COc1cc2c(cc1O)N(C(=O)OC(C)(C)C)C(O[Si](C)(C)C(C)(C)C)[C@@H]1CC(C)=CN1C2=O. The van der Waals surface area contributed by atoms with Gasteiger partial charge in [0.1, 0.15) is 5.60 Å². The Morgan fingerprint density at radius 1 is 1.15 bits per heavy atom. The number of rotatable bonds is 3. The Morgan fingerprint density at radius 3 is 2.29 bits per heavy atom. The summed E-state index contributed by atoms with van der Waals surface area (Å²) in [6, 6.07) is 2.42. The third kappa shape index (κ3) is 4.81. The summed E-state index contributed by atoms with van der Waals surface area (Å²) in [5.41, 5.74) is 0.715. The second-order valence-electron chi connectivity index (χ2n) is 11.6. The molecule has 1 unspecified atom stereocenters. The number of phenolic OH excluding ortho intramolecular Hbond substituents is 1. The highest BCUT2D eigenvalue weighted by Gasteiger charge is 2.50. The molecule has 1 aromatic rings. The molecule has 3 rings (SSSR count). The van der Waals surface area contributed by atoms with E-state index in [1.807, 2.05) is 13.1 Å². The lowest BCUT2D eigenvalue weighted by atomic mass is 10.1. The zero-order chi connectivity index (χ0) is 25.8. The summed E-state index contributed by atoms with van der Waals surface area (Å²) >= 11 is 0. The minimum atomic E-state index is -2.42. The van der Waals surface area contributed by atoms with Crippen LogP contribution in [0.25, 0.3) is 0 Å². The van der Waals surface area contributed by atoms with Crippen LogP contribution in [0.5, 0.6) is 11.5 Å². The largest absolute Gasteiger partial charge is 0.504 e. The lowest BCUT2D eigenvalue weighted by molar-refractivity contribution is 0.0363. The van der Waals surface area contributed by atoms with Crippen LogP contribution in [0, 0.1) is 0 Å². The van der Waals surface area contributed by atoms with Crippen LogP contribution in [-0.4, -0.2) is 55.3 Å². The summed E-state index contributed by atoms with van der Waals surface area (Å²) in [6.45, 7) is 17.9. The van der Waals surface area contributed by atoms with Crippen molar-refractivity contribution in [2.24, 2.45) is 0 Å². The highest BCUT2D eigenvalue weighted by molar-refractivity contribution is 6.74. The number of benzene rings is 1. The summed E-state index contributed by atoms with van der Waals surface area (Å²) in [7, 11) is -0.998. The van der Waals surface area contributed by atoms with Crippen molar-refractivity contribution < 1.29 is 28.6 Å². The molecule has 1 N–H and O–H groups in total. The average molecular weight is 491 g/mol. The Morgan fingerprint density at radius 2 is 1.76 bits per heavy atom. The number of phenols is 1. The van der Waals surface area contributed by atoms with E-state index in [-0.39, 0.29) is 33.7 Å². The first-order valence-electron chi connectivity index (χ1n) is 11.6. The van der Waals surface area contributed by atoms with E-state index in [1.54, 1.807) is 25.7 Å². The first kappa shape index (κ1) is 26.1. The molecule has 2 aliphatic rings. The molecule has 0 aromatic heterocycles. The van der Waals surface area contributed by atoms with Gasteiger partial charge in [-0.2, -0.15) is 0 Å². The standard InChI is InChI=1S/C25H38N2O6Si/c1-15-11-18-22(33-34(9,10)25(5,6)7)27(23(30)32-24(2,3)4)17-13-19(28)20(31-8)12-16(17)21(29)26(18)14-15/h12-14,18,22,28H,11H2,1-10H3/t18-,22?/m0/s1. The molecule has 34 heavy (non-hydrogen) atoms. The van der Waals surface area contributed by atoms with Gasteiger partial charge in [-0.05, 0) is 58.3 Å². The lowest BCUT2D eigenvalue weighted by Gasteiger charge is -2.44.